The largest absolute Gasteiger partial charge is 0.271 e. The molecule has 1 saturated heterocycles. The van der Waals surface area contributed by atoms with Crippen LogP contribution < -0.4 is 11.3 Å². The highest BCUT2D eigenvalue weighted by atomic mass is 32.2. The number of nitrogens with two attached hydrogens (primary N) is 1. The fourth-order valence-electron chi connectivity index (χ4n) is 1.34. The van der Waals surface area contributed by atoms with Gasteiger partial charge in [-0.15, -0.1) is 12.3 Å². The van der Waals surface area contributed by atoms with E-state index >= 15 is 0 Å². The van der Waals surface area contributed by atoms with Crippen LogP contribution in [-0.2, 0) is 0 Å². The molecular formula is C8H14N2S. The summed E-state index contributed by atoms with van der Waals surface area (Å²) in [5.74, 6) is 9.28. The Hall–Kier alpha value is -0.170. The molecule has 0 spiro atoms. The molecule has 62 valence electrons. The van der Waals surface area contributed by atoms with Crippen molar-refractivity contribution >= 4 is 11.8 Å². The lowest BCUT2D eigenvalue weighted by molar-refractivity contribution is 0.508. The monoisotopic (exact) mass is 170 g/mol. The normalized spacial score (nSPS) is 26.4. The van der Waals surface area contributed by atoms with Crippen molar-refractivity contribution in [3.05, 3.63) is 0 Å². The molecule has 3 N–H and O–H groups in total. The number of terminal acetylenes is 1. The van der Waals surface area contributed by atoms with E-state index in [2.05, 4.69) is 11.3 Å². The quantitative estimate of drug-likeness (QED) is 0.373. The summed E-state index contributed by atoms with van der Waals surface area (Å²) in [4.78, 5) is 0. The van der Waals surface area contributed by atoms with Crippen LogP contribution in [0.25, 0.3) is 0 Å². The maximum Gasteiger partial charge on any atom is 0.0438 e. The summed E-state index contributed by atoms with van der Waals surface area (Å²) in [6.07, 6.45) is 8.52. The molecule has 1 rings (SSSR count). The minimum absolute atomic E-state index is 0.312. The average Bonchev–Trinajstić information content (AvgIpc) is 2.52. The first-order valence-electron chi connectivity index (χ1n) is 3.89. The van der Waals surface area contributed by atoms with Crippen molar-refractivity contribution in [3.63, 3.8) is 0 Å². The molecule has 2 unspecified atom stereocenters. The summed E-state index contributed by atoms with van der Waals surface area (Å²) in [6, 6.07) is 0.312. The first kappa shape index (κ1) is 8.92. The molecule has 0 aromatic heterocycles. The van der Waals surface area contributed by atoms with E-state index < -0.39 is 0 Å². The fraction of sp³-hybridized carbons (Fsp3) is 0.750. The molecule has 1 aliphatic heterocycles. The maximum absolute atomic E-state index is 5.38. The second kappa shape index (κ2) is 4.66. The molecule has 2 atom stereocenters. The highest BCUT2D eigenvalue weighted by Gasteiger charge is 2.23. The Labute approximate surface area is 72.3 Å². The van der Waals surface area contributed by atoms with Crippen LogP contribution in [0.3, 0.4) is 0 Å². The molecule has 0 bridgehead atoms. The number of nitrogens with one attached hydrogen (secondary N) is 1. The Morgan fingerprint density at radius 3 is 3.09 bits per heavy atom. The molecule has 0 radical (unpaired) electrons. The first-order valence-corrected chi connectivity index (χ1v) is 4.94. The Morgan fingerprint density at radius 2 is 2.64 bits per heavy atom. The smallest absolute Gasteiger partial charge is 0.0438 e. The van der Waals surface area contributed by atoms with Crippen LogP contribution in [-0.4, -0.2) is 17.0 Å². The molecule has 1 fully saturated rings. The second-order valence-corrected chi connectivity index (χ2v) is 4.08. The lowest BCUT2D eigenvalue weighted by Crippen LogP contribution is -2.41. The molecule has 1 aliphatic rings. The summed E-state index contributed by atoms with van der Waals surface area (Å²) in [7, 11) is 0. The van der Waals surface area contributed by atoms with Gasteiger partial charge in [-0.1, -0.05) is 0 Å². The van der Waals surface area contributed by atoms with Crippen LogP contribution in [0.2, 0.25) is 0 Å². The van der Waals surface area contributed by atoms with Gasteiger partial charge in [0.2, 0.25) is 0 Å². The number of hydrazine groups is 1. The van der Waals surface area contributed by atoms with Crippen LogP contribution in [0.4, 0.5) is 0 Å². The molecule has 0 aliphatic carbocycles. The summed E-state index contributed by atoms with van der Waals surface area (Å²) in [5, 5.41) is 0.635. The van der Waals surface area contributed by atoms with E-state index in [0.717, 1.165) is 6.42 Å². The van der Waals surface area contributed by atoms with Gasteiger partial charge in [0.1, 0.15) is 0 Å². The van der Waals surface area contributed by atoms with Crippen molar-refractivity contribution in [2.45, 2.75) is 30.6 Å². The van der Waals surface area contributed by atoms with Crippen LogP contribution in [0.1, 0.15) is 19.3 Å². The first-order chi connectivity index (χ1) is 5.38. The molecule has 1 heterocycles. The molecule has 0 aromatic carbocycles. The van der Waals surface area contributed by atoms with E-state index in [1.54, 1.807) is 0 Å². The van der Waals surface area contributed by atoms with Gasteiger partial charge in [0, 0.05) is 17.7 Å². The van der Waals surface area contributed by atoms with Gasteiger partial charge in [-0.05, 0) is 18.6 Å². The van der Waals surface area contributed by atoms with Crippen molar-refractivity contribution in [3.8, 4) is 12.3 Å². The van der Waals surface area contributed by atoms with Gasteiger partial charge in [-0.2, -0.15) is 11.8 Å². The SMILES string of the molecule is C#CCC(NN)C1CCCS1. The lowest BCUT2D eigenvalue weighted by Gasteiger charge is -2.18. The van der Waals surface area contributed by atoms with Crippen molar-refractivity contribution in [2.24, 2.45) is 5.84 Å². The van der Waals surface area contributed by atoms with Crippen molar-refractivity contribution < 1.29 is 0 Å². The third kappa shape index (κ3) is 2.41. The standard InChI is InChI=1S/C8H14N2S/c1-2-4-7(10-9)8-5-3-6-11-8/h1,7-8,10H,3-6,9H2. The van der Waals surface area contributed by atoms with E-state index in [1.165, 1.54) is 18.6 Å². The number of hydrogen-bond acceptors (Lipinski definition) is 3. The summed E-state index contributed by atoms with van der Waals surface area (Å²) >= 11 is 1.98. The Balaban J connectivity index is 2.34. The molecule has 0 aromatic rings. The van der Waals surface area contributed by atoms with E-state index in [9.17, 15) is 0 Å². The van der Waals surface area contributed by atoms with Gasteiger partial charge in [0.05, 0.1) is 0 Å². The minimum atomic E-state index is 0.312. The third-order valence-corrected chi connectivity index (χ3v) is 3.48. The van der Waals surface area contributed by atoms with Gasteiger partial charge in [-0.25, -0.2) is 0 Å². The van der Waals surface area contributed by atoms with Crippen LogP contribution in [0.5, 0.6) is 0 Å². The molecular weight excluding hydrogens is 156 g/mol. The summed E-state index contributed by atoms with van der Waals surface area (Å²) < 4.78 is 0. The molecule has 0 saturated carbocycles. The second-order valence-electron chi connectivity index (χ2n) is 2.73. The van der Waals surface area contributed by atoms with Crippen LogP contribution in [0, 0.1) is 12.3 Å². The fourth-order valence-corrected chi connectivity index (χ4v) is 2.72. The molecule has 11 heavy (non-hydrogen) atoms. The minimum Gasteiger partial charge on any atom is -0.271 e. The summed E-state index contributed by atoms with van der Waals surface area (Å²) in [6.45, 7) is 0. The number of hydrogen-bond donors (Lipinski definition) is 2. The van der Waals surface area contributed by atoms with Gasteiger partial charge < -0.3 is 0 Å². The van der Waals surface area contributed by atoms with E-state index in [-0.39, 0.29) is 0 Å². The predicted octanol–water partition coefficient (Wildman–Crippen LogP) is 0.737. The highest BCUT2D eigenvalue weighted by molar-refractivity contribution is 8.00. The summed E-state index contributed by atoms with van der Waals surface area (Å²) in [5.41, 5.74) is 2.78. The van der Waals surface area contributed by atoms with E-state index in [1.807, 2.05) is 11.8 Å². The van der Waals surface area contributed by atoms with Crippen molar-refractivity contribution in [2.75, 3.05) is 5.75 Å². The zero-order chi connectivity index (χ0) is 8.10. The molecule has 0 amide bonds. The van der Waals surface area contributed by atoms with Gasteiger partial charge in [0.25, 0.3) is 0 Å². The lowest BCUT2D eigenvalue weighted by atomic mass is 10.1. The molecule has 2 nitrogen and oxygen atoms in total. The van der Waals surface area contributed by atoms with E-state index in [4.69, 9.17) is 12.3 Å². The van der Waals surface area contributed by atoms with E-state index in [0.29, 0.717) is 11.3 Å². The van der Waals surface area contributed by atoms with Crippen LogP contribution >= 0.6 is 11.8 Å². The molecule has 3 heteroatoms. The Morgan fingerprint density at radius 1 is 1.82 bits per heavy atom. The highest BCUT2D eigenvalue weighted by Crippen LogP contribution is 2.29. The maximum atomic E-state index is 5.38. The van der Waals surface area contributed by atoms with Gasteiger partial charge in [-0.3, -0.25) is 11.3 Å². The number of rotatable bonds is 3. The van der Waals surface area contributed by atoms with Crippen LogP contribution in [0.15, 0.2) is 0 Å². The van der Waals surface area contributed by atoms with Crippen molar-refractivity contribution in [1.82, 2.24) is 5.43 Å². The predicted molar refractivity (Wildman–Crippen MR) is 50.0 cm³/mol. The topological polar surface area (TPSA) is 38.0 Å². The van der Waals surface area contributed by atoms with Gasteiger partial charge >= 0.3 is 0 Å². The Bertz CT molecular complexity index is 147. The average molecular weight is 170 g/mol. The Kier molecular flexibility index (Phi) is 3.78. The van der Waals surface area contributed by atoms with Gasteiger partial charge in [0.15, 0.2) is 0 Å². The van der Waals surface area contributed by atoms with Crippen molar-refractivity contribution in [1.29, 1.82) is 0 Å². The number of thioether (sulfide) groups is 1. The third-order valence-electron chi connectivity index (χ3n) is 1.97. The zero-order valence-corrected chi connectivity index (χ0v) is 7.36. The zero-order valence-electron chi connectivity index (χ0n) is 6.55.